The van der Waals surface area contributed by atoms with Gasteiger partial charge in [0, 0.05) is 11.1 Å². The molecule has 2 aromatic rings. The fraction of sp³-hybridized carbons (Fsp3) is 0.375. The molecule has 104 valence electrons. The number of phenolic OH excluding ortho intramolecular Hbond substituents is 1. The van der Waals surface area contributed by atoms with Gasteiger partial charge in [-0.25, -0.2) is 9.97 Å². The second-order valence-electron chi connectivity index (χ2n) is 5.17. The molecule has 0 saturated carbocycles. The fourth-order valence-electron chi connectivity index (χ4n) is 2.57. The second kappa shape index (κ2) is 5.49. The van der Waals surface area contributed by atoms with E-state index in [4.69, 9.17) is 4.74 Å². The zero-order valence-electron chi connectivity index (χ0n) is 11.6. The van der Waals surface area contributed by atoms with E-state index in [-0.39, 0.29) is 5.75 Å². The highest BCUT2D eigenvalue weighted by Crippen LogP contribution is 2.33. The molecular weight excluding hydrogens is 252 g/mol. The lowest BCUT2D eigenvalue weighted by molar-refractivity contribution is 0.433. The van der Waals surface area contributed by atoms with Crippen molar-refractivity contribution in [2.24, 2.45) is 0 Å². The lowest BCUT2D eigenvalue weighted by Crippen LogP contribution is -2.02. The van der Waals surface area contributed by atoms with Gasteiger partial charge in [-0.3, -0.25) is 0 Å². The van der Waals surface area contributed by atoms with Crippen molar-refractivity contribution in [2.45, 2.75) is 39.0 Å². The Balaban J connectivity index is 1.97. The number of aryl methyl sites for hydroxylation is 1. The van der Waals surface area contributed by atoms with Crippen LogP contribution in [0, 0.1) is 6.92 Å². The fourth-order valence-corrected chi connectivity index (χ4v) is 2.57. The third kappa shape index (κ3) is 2.46. The molecule has 1 aliphatic carbocycles. The van der Waals surface area contributed by atoms with E-state index < -0.39 is 0 Å². The molecule has 0 unspecified atom stereocenters. The minimum absolute atomic E-state index is 0.239. The number of aromatic nitrogens is 2. The van der Waals surface area contributed by atoms with E-state index in [1.54, 1.807) is 18.5 Å². The summed E-state index contributed by atoms with van der Waals surface area (Å²) in [6.07, 6.45) is 7.07. The van der Waals surface area contributed by atoms with Crippen LogP contribution in [0.3, 0.4) is 0 Å². The minimum Gasteiger partial charge on any atom is -0.508 e. The SMILES string of the molecule is Cc1c(O)cccc1Oc1ncnc2c1CCCCC2. The Morgan fingerprint density at radius 1 is 1.10 bits per heavy atom. The summed E-state index contributed by atoms with van der Waals surface area (Å²) in [6.45, 7) is 1.84. The summed E-state index contributed by atoms with van der Waals surface area (Å²) >= 11 is 0. The highest BCUT2D eigenvalue weighted by atomic mass is 16.5. The van der Waals surface area contributed by atoms with Crippen LogP contribution in [0.5, 0.6) is 17.4 Å². The van der Waals surface area contributed by atoms with Crippen molar-refractivity contribution in [2.75, 3.05) is 0 Å². The average molecular weight is 270 g/mol. The van der Waals surface area contributed by atoms with Crippen LogP contribution in [-0.2, 0) is 12.8 Å². The topological polar surface area (TPSA) is 55.2 Å². The largest absolute Gasteiger partial charge is 0.508 e. The molecule has 1 heterocycles. The van der Waals surface area contributed by atoms with Crippen molar-refractivity contribution in [1.29, 1.82) is 0 Å². The van der Waals surface area contributed by atoms with Crippen LogP contribution in [0.2, 0.25) is 0 Å². The molecule has 0 fully saturated rings. The third-order valence-electron chi connectivity index (χ3n) is 3.80. The first-order valence-corrected chi connectivity index (χ1v) is 7.05. The van der Waals surface area contributed by atoms with Gasteiger partial charge in [0.1, 0.15) is 17.8 Å². The number of phenols is 1. The Morgan fingerprint density at radius 3 is 2.85 bits per heavy atom. The van der Waals surface area contributed by atoms with Gasteiger partial charge >= 0.3 is 0 Å². The molecule has 0 radical (unpaired) electrons. The van der Waals surface area contributed by atoms with Gasteiger partial charge in [0.2, 0.25) is 5.88 Å². The average Bonchev–Trinajstić information content (AvgIpc) is 2.70. The first-order chi connectivity index (χ1) is 9.75. The summed E-state index contributed by atoms with van der Waals surface area (Å²) < 4.78 is 5.93. The number of nitrogens with zero attached hydrogens (tertiary/aromatic N) is 2. The van der Waals surface area contributed by atoms with Crippen molar-refractivity contribution in [3.63, 3.8) is 0 Å². The zero-order valence-corrected chi connectivity index (χ0v) is 11.6. The standard InChI is InChI=1S/C16H18N2O2/c1-11-14(19)8-5-9-15(11)20-16-12-6-3-2-4-7-13(12)17-10-18-16/h5,8-10,19H,2-4,6-7H2,1H3. The van der Waals surface area contributed by atoms with Crippen molar-refractivity contribution < 1.29 is 9.84 Å². The summed E-state index contributed by atoms with van der Waals surface area (Å²) in [6, 6.07) is 5.28. The van der Waals surface area contributed by atoms with Crippen molar-refractivity contribution in [3.05, 3.63) is 41.3 Å². The van der Waals surface area contributed by atoms with Gasteiger partial charge in [0.15, 0.2) is 0 Å². The molecule has 0 aliphatic heterocycles. The molecule has 3 rings (SSSR count). The van der Waals surface area contributed by atoms with Gasteiger partial charge in [-0.05, 0) is 44.7 Å². The first kappa shape index (κ1) is 12.9. The van der Waals surface area contributed by atoms with Gasteiger partial charge in [-0.15, -0.1) is 0 Å². The van der Waals surface area contributed by atoms with Crippen LogP contribution in [0.1, 0.15) is 36.1 Å². The molecule has 4 heteroatoms. The number of benzene rings is 1. The van der Waals surface area contributed by atoms with E-state index in [0.29, 0.717) is 11.6 Å². The quantitative estimate of drug-likeness (QED) is 0.848. The normalized spacial score (nSPS) is 14.4. The van der Waals surface area contributed by atoms with Crippen LogP contribution in [-0.4, -0.2) is 15.1 Å². The molecular formula is C16H18N2O2. The van der Waals surface area contributed by atoms with E-state index in [9.17, 15) is 5.11 Å². The van der Waals surface area contributed by atoms with E-state index in [2.05, 4.69) is 9.97 Å². The zero-order chi connectivity index (χ0) is 13.9. The molecule has 4 nitrogen and oxygen atoms in total. The molecule has 20 heavy (non-hydrogen) atoms. The van der Waals surface area contributed by atoms with Gasteiger partial charge in [-0.2, -0.15) is 0 Å². The highest BCUT2D eigenvalue weighted by Gasteiger charge is 2.16. The Kier molecular flexibility index (Phi) is 3.54. The van der Waals surface area contributed by atoms with Crippen LogP contribution in [0.15, 0.2) is 24.5 Å². The monoisotopic (exact) mass is 270 g/mol. The summed E-state index contributed by atoms with van der Waals surface area (Å²) in [5.41, 5.74) is 2.95. The van der Waals surface area contributed by atoms with Crippen LogP contribution in [0.4, 0.5) is 0 Å². The smallest absolute Gasteiger partial charge is 0.225 e. The Labute approximate surface area is 118 Å². The summed E-state index contributed by atoms with van der Waals surface area (Å²) in [5, 5.41) is 9.75. The van der Waals surface area contributed by atoms with E-state index in [1.165, 1.54) is 12.8 Å². The molecule has 1 aliphatic rings. The van der Waals surface area contributed by atoms with Gasteiger partial charge in [0.05, 0.1) is 5.69 Å². The summed E-state index contributed by atoms with van der Waals surface area (Å²) in [5.74, 6) is 1.52. The van der Waals surface area contributed by atoms with E-state index in [0.717, 1.165) is 36.1 Å². The number of ether oxygens (including phenoxy) is 1. The first-order valence-electron chi connectivity index (χ1n) is 7.05. The molecule has 0 atom stereocenters. The third-order valence-corrected chi connectivity index (χ3v) is 3.80. The molecule has 1 N–H and O–H groups in total. The summed E-state index contributed by atoms with van der Waals surface area (Å²) in [4.78, 5) is 8.67. The lowest BCUT2D eigenvalue weighted by Gasteiger charge is -2.13. The maximum absolute atomic E-state index is 9.75. The predicted molar refractivity (Wildman–Crippen MR) is 76.2 cm³/mol. The molecule has 0 spiro atoms. The lowest BCUT2D eigenvalue weighted by atomic mass is 10.1. The van der Waals surface area contributed by atoms with Gasteiger partial charge in [-0.1, -0.05) is 12.5 Å². The Hall–Kier alpha value is -2.10. The van der Waals surface area contributed by atoms with Gasteiger partial charge < -0.3 is 9.84 Å². The molecule has 0 bridgehead atoms. The summed E-state index contributed by atoms with van der Waals surface area (Å²) in [7, 11) is 0. The maximum Gasteiger partial charge on any atom is 0.225 e. The minimum atomic E-state index is 0.239. The van der Waals surface area contributed by atoms with E-state index >= 15 is 0 Å². The second-order valence-corrected chi connectivity index (χ2v) is 5.17. The van der Waals surface area contributed by atoms with Crippen molar-refractivity contribution >= 4 is 0 Å². The molecule has 1 aromatic carbocycles. The Bertz CT molecular complexity index is 626. The van der Waals surface area contributed by atoms with Crippen LogP contribution in [0.25, 0.3) is 0 Å². The number of fused-ring (bicyclic) bond motifs is 1. The Morgan fingerprint density at radius 2 is 1.95 bits per heavy atom. The maximum atomic E-state index is 9.75. The van der Waals surface area contributed by atoms with Crippen molar-refractivity contribution in [1.82, 2.24) is 9.97 Å². The molecule has 0 amide bonds. The highest BCUT2D eigenvalue weighted by molar-refractivity contribution is 5.45. The molecule has 0 saturated heterocycles. The number of aromatic hydroxyl groups is 1. The molecule has 1 aromatic heterocycles. The van der Waals surface area contributed by atoms with Gasteiger partial charge in [0.25, 0.3) is 0 Å². The number of rotatable bonds is 2. The van der Waals surface area contributed by atoms with Crippen LogP contribution < -0.4 is 4.74 Å². The predicted octanol–water partition coefficient (Wildman–Crippen LogP) is 3.55. The van der Waals surface area contributed by atoms with E-state index in [1.807, 2.05) is 13.0 Å². The van der Waals surface area contributed by atoms with Crippen LogP contribution >= 0.6 is 0 Å². The number of hydrogen-bond acceptors (Lipinski definition) is 4. The van der Waals surface area contributed by atoms with Crippen molar-refractivity contribution in [3.8, 4) is 17.4 Å². The number of hydrogen-bond donors (Lipinski definition) is 1.